The zero-order valence-corrected chi connectivity index (χ0v) is 19.9. The summed E-state index contributed by atoms with van der Waals surface area (Å²) in [5.74, 6) is -1.68. The predicted octanol–water partition coefficient (Wildman–Crippen LogP) is 4.26. The summed E-state index contributed by atoms with van der Waals surface area (Å²) in [4.78, 5) is 38.9. The number of carbonyl (C=O) groups excluding carboxylic acids is 2. The Morgan fingerprint density at radius 3 is 2.18 bits per heavy atom. The molecule has 2 aromatic rings. The minimum Gasteiger partial charge on any atom is -0.481 e. The Morgan fingerprint density at radius 1 is 1.09 bits per heavy atom. The number of benzene rings is 2. The number of hydrogen-bond acceptors (Lipinski definition) is 4. The lowest BCUT2D eigenvalue weighted by atomic mass is 9.84. The standard InChI is InChI=1S/C27H32N2O5/c1-4-13-27(3,25(32)29-14-18(15-29)17(2)24(30)31)28-26(33)34-16-23-21-11-7-5-9-19(21)20-10-6-8-12-22(20)23/h5-12,17-18,23H,4,13-16H2,1-3H3,(H,28,33)(H,30,31). The monoisotopic (exact) mass is 464 g/mol. The van der Waals surface area contributed by atoms with Crippen LogP contribution in [-0.4, -0.2) is 53.2 Å². The van der Waals surface area contributed by atoms with Gasteiger partial charge >= 0.3 is 12.1 Å². The molecule has 1 aliphatic carbocycles. The highest BCUT2D eigenvalue weighted by Gasteiger charge is 2.44. The van der Waals surface area contributed by atoms with Crippen LogP contribution in [0.1, 0.15) is 50.7 Å². The number of amides is 2. The number of nitrogens with one attached hydrogen (secondary N) is 1. The van der Waals surface area contributed by atoms with E-state index < -0.39 is 23.5 Å². The molecule has 1 fully saturated rings. The van der Waals surface area contributed by atoms with E-state index in [0.717, 1.165) is 22.3 Å². The normalized spacial score (nSPS) is 17.7. The molecule has 2 N–H and O–H groups in total. The predicted molar refractivity (Wildman–Crippen MR) is 128 cm³/mol. The van der Waals surface area contributed by atoms with Gasteiger partial charge in [0.2, 0.25) is 5.91 Å². The number of nitrogens with zero attached hydrogens (tertiary/aromatic N) is 1. The first-order valence-electron chi connectivity index (χ1n) is 11.9. The van der Waals surface area contributed by atoms with Crippen LogP contribution < -0.4 is 5.32 Å². The summed E-state index contributed by atoms with van der Waals surface area (Å²) in [6.45, 7) is 6.29. The van der Waals surface area contributed by atoms with Crippen molar-refractivity contribution in [1.29, 1.82) is 0 Å². The minimum atomic E-state index is -1.10. The van der Waals surface area contributed by atoms with Crippen molar-refractivity contribution in [2.45, 2.75) is 45.1 Å². The second-order valence-electron chi connectivity index (χ2n) is 9.63. The molecule has 2 amide bonds. The zero-order valence-electron chi connectivity index (χ0n) is 19.9. The van der Waals surface area contributed by atoms with Gasteiger partial charge in [-0.3, -0.25) is 9.59 Å². The van der Waals surface area contributed by atoms with E-state index in [9.17, 15) is 19.5 Å². The summed E-state index contributed by atoms with van der Waals surface area (Å²) in [7, 11) is 0. The molecular formula is C27H32N2O5. The van der Waals surface area contributed by atoms with Crippen molar-refractivity contribution >= 4 is 18.0 Å². The van der Waals surface area contributed by atoms with Crippen LogP contribution in [0.4, 0.5) is 4.79 Å². The molecule has 2 aromatic carbocycles. The molecule has 34 heavy (non-hydrogen) atoms. The molecular weight excluding hydrogens is 432 g/mol. The summed E-state index contributed by atoms with van der Waals surface area (Å²) in [6, 6.07) is 16.3. The van der Waals surface area contributed by atoms with Crippen molar-refractivity contribution in [3.05, 3.63) is 59.7 Å². The molecule has 1 aliphatic heterocycles. The van der Waals surface area contributed by atoms with Crippen LogP contribution in [0, 0.1) is 11.8 Å². The first-order chi connectivity index (χ1) is 16.2. The molecule has 0 saturated carbocycles. The molecule has 1 saturated heterocycles. The Bertz CT molecular complexity index is 1050. The number of ether oxygens (including phenoxy) is 1. The topological polar surface area (TPSA) is 95.9 Å². The first kappa shape index (κ1) is 23.8. The Labute approximate surface area is 200 Å². The average molecular weight is 465 g/mol. The van der Waals surface area contributed by atoms with Crippen LogP contribution in [0.15, 0.2) is 48.5 Å². The number of fused-ring (bicyclic) bond motifs is 3. The van der Waals surface area contributed by atoms with Gasteiger partial charge in [-0.25, -0.2) is 4.79 Å². The lowest BCUT2D eigenvalue weighted by Gasteiger charge is -2.45. The van der Waals surface area contributed by atoms with E-state index in [2.05, 4.69) is 29.6 Å². The maximum Gasteiger partial charge on any atom is 0.408 e. The highest BCUT2D eigenvalue weighted by atomic mass is 16.5. The molecule has 0 aromatic heterocycles. The highest BCUT2D eigenvalue weighted by molar-refractivity contribution is 5.90. The van der Waals surface area contributed by atoms with Crippen molar-refractivity contribution in [2.75, 3.05) is 19.7 Å². The van der Waals surface area contributed by atoms with Crippen molar-refractivity contribution in [2.24, 2.45) is 11.8 Å². The molecule has 0 radical (unpaired) electrons. The molecule has 2 unspecified atom stereocenters. The second-order valence-corrected chi connectivity index (χ2v) is 9.63. The molecule has 0 spiro atoms. The number of aliphatic carboxylic acids is 1. The first-order valence-corrected chi connectivity index (χ1v) is 11.9. The van der Waals surface area contributed by atoms with Gasteiger partial charge < -0.3 is 20.1 Å². The van der Waals surface area contributed by atoms with E-state index in [1.54, 1.807) is 18.7 Å². The van der Waals surface area contributed by atoms with Crippen LogP contribution in [0.2, 0.25) is 0 Å². The Hall–Kier alpha value is -3.35. The molecule has 1 heterocycles. The lowest BCUT2D eigenvalue weighted by molar-refractivity contribution is -0.153. The van der Waals surface area contributed by atoms with Gasteiger partial charge in [-0.05, 0) is 35.6 Å². The van der Waals surface area contributed by atoms with Gasteiger partial charge in [0.25, 0.3) is 0 Å². The fourth-order valence-corrected chi connectivity index (χ4v) is 5.13. The maximum absolute atomic E-state index is 13.2. The Balaban J connectivity index is 1.40. The number of likely N-dealkylation sites (tertiary alicyclic amines) is 1. The van der Waals surface area contributed by atoms with E-state index in [-0.39, 0.29) is 24.3 Å². The van der Waals surface area contributed by atoms with Crippen LogP contribution >= 0.6 is 0 Å². The van der Waals surface area contributed by atoms with Crippen LogP contribution in [0.3, 0.4) is 0 Å². The van der Waals surface area contributed by atoms with Crippen molar-refractivity contribution in [1.82, 2.24) is 10.2 Å². The number of hydrogen-bond donors (Lipinski definition) is 2. The lowest BCUT2D eigenvalue weighted by Crippen LogP contribution is -2.64. The van der Waals surface area contributed by atoms with E-state index in [0.29, 0.717) is 25.9 Å². The van der Waals surface area contributed by atoms with E-state index in [4.69, 9.17) is 4.74 Å². The SMILES string of the molecule is CCCC(C)(NC(=O)OCC1c2ccccc2-c2ccccc21)C(=O)N1CC(C(C)C(=O)O)C1. The Morgan fingerprint density at radius 2 is 1.65 bits per heavy atom. The number of rotatable bonds is 8. The molecule has 2 aliphatic rings. The van der Waals surface area contributed by atoms with Gasteiger partial charge in [-0.1, -0.05) is 68.8 Å². The third-order valence-electron chi connectivity index (χ3n) is 7.24. The molecule has 7 heteroatoms. The summed E-state index contributed by atoms with van der Waals surface area (Å²) in [6.07, 6.45) is 0.544. The van der Waals surface area contributed by atoms with Crippen molar-refractivity contribution in [3.63, 3.8) is 0 Å². The number of carbonyl (C=O) groups is 3. The molecule has 180 valence electrons. The minimum absolute atomic E-state index is 0.0556. The smallest absolute Gasteiger partial charge is 0.408 e. The summed E-state index contributed by atoms with van der Waals surface area (Å²) in [5.41, 5.74) is 3.46. The molecule has 0 bridgehead atoms. The van der Waals surface area contributed by atoms with Crippen LogP contribution in [0.25, 0.3) is 11.1 Å². The second kappa shape index (κ2) is 9.49. The number of carboxylic acid groups (broad SMARTS) is 1. The van der Waals surface area contributed by atoms with E-state index in [1.165, 1.54) is 0 Å². The zero-order chi connectivity index (χ0) is 24.5. The summed E-state index contributed by atoms with van der Waals surface area (Å²) < 4.78 is 5.66. The van der Waals surface area contributed by atoms with Crippen molar-refractivity contribution < 1.29 is 24.2 Å². The summed E-state index contributed by atoms with van der Waals surface area (Å²) >= 11 is 0. The fraction of sp³-hybridized carbons (Fsp3) is 0.444. The van der Waals surface area contributed by atoms with Crippen LogP contribution in [-0.2, 0) is 14.3 Å². The maximum atomic E-state index is 13.2. The highest BCUT2D eigenvalue weighted by Crippen LogP contribution is 2.44. The average Bonchev–Trinajstić information content (AvgIpc) is 3.10. The number of carboxylic acids is 1. The van der Waals surface area contributed by atoms with Gasteiger partial charge in [-0.15, -0.1) is 0 Å². The fourth-order valence-electron chi connectivity index (χ4n) is 5.13. The van der Waals surface area contributed by atoms with E-state index in [1.807, 2.05) is 31.2 Å². The number of alkyl carbamates (subject to hydrolysis) is 1. The van der Waals surface area contributed by atoms with E-state index >= 15 is 0 Å². The largest absolute Gasteiger partial charge is 0.481 e. The molecule has 4 rings (SSSR count). The van der Waals surface area contributed by atoms with Gasteiger partial charge in [0.05, 0.1) is 5.92 Å². The van der Waals surface area contributed by atoms with Gasteiger partial charge in [0.1, 0.15) is 12.1 Å². The Kier molecular flexibility index (Phi) is 6.64. The van der Waals surface area contributed by atoms with Crippen molar-refractivity contribution in [3.8, 4) is 11.1 Å². The summed E-state index contributed by atoms with van der Waals surface area (Å²) in [5, 5.41) is 12.0. The van der Waals surface area contributed by atoms with Gasteiger partial charge in [0.15, 0.2) is 0 Å². The van der Waals surface area contributed by atoms with Crippen LogP contribution in [0.5, 0.6) is 0 Å². The van der Waals surface area contributed by atoms with Gasteiger partial charge in [0, 0.05) is 24.9 Å². The quantitative estimate of drug-likeness (QED) is 0.609. The third kappa shape index (κ3) is 4.39. The third-order valence-corrected chi connectivity index (χ3v) is 7.24. The van der Waals surface area contributed by atoms with Gasteiger partial charge in [-0.2, -0.15) is 0 Å². The molecule has 7 nitrogen and oxygen atoms in total. The molecule has 2 atom stereocenters.